The third-order valence-electron chi connectivity index (χ3n) is 4.90. The lowest BCUT2D eigenvalue weighted by atomic mass is 9.87. The highest BCUT2D eigenvalue weighted by Gasteiger charge is 2.21. The molecule has 2 aromatic carbocycles. The molecule has 0 saturated carbocycles. The number of carbonyl (C=O) groups excluding carboxylic acids is 1. The molecule has 0 spiro atoms. The maximum Gasteiger partial charge on any atom is 0.261 e. The van der Waals surface area contributed by atoms with Crippen molar-refractivity contribution >= 4 is 5.91 Å². The number of rotatable bonds is 9. The highest BCUT2D eigenvalue weighted by molar-refractivity contribution is 5.81. The van der Waals surface area contributed by atoms with E-state index in [0.29, 0.717) is 29.4 Å². The molecule has 2 aromatic rings. The Balaban J connectivity index is 2.07. The van der Waals surface area contributed by atoms with E-state index in [2.05, 4.69) is 26.1 Å². The van der Waals surface area contributed by atoms with E-state index in [0.717, 1.165) is 5.56 Å². The van der Waals surface area contributed by atoms with Gasteiger partial charge in [-0.2, -0.15) is 0 Å². The molecule has 0 unspecified atom stereocenters. The lowest BCUT2D eigenvalue weighted by Gasteiger charge is -2.21. The first kappa shape index (κ1) is 23.4. The molecule has 1 N–H and O–H groups in total. The fourth-order valence-electron chi connectivity index (χ4n) is 3.12. The molecular weight excluding hydrogens is 382 g/mol. The molecule has 0 aromatic heterocycles. The number of ether oxygens (including phenoxy) is 4. The normalized spacial score (nSPS) is 12.1. The lowest BCUT2D eigenvalue weighted by Crippen LogP contribution is -2.37. The van der Waals surface area contributed by atoms with Crippen molar-refractivity contribution in [3.05, 3.63) is 47.5 Å². The average molecular weight is 416 g/mol. The van der Waals surface area contributed by atoms with Crippen molar-refractivity contribution in [3.63, 3.8) is 0 Å². The number of methoxy groups -OCH3 is 3. The molecule has 0 fully saturated rings. The molecular formula is C24H33NO5. The smallest absolute Gasteiger partial charge is 0.261 e. The first-order valence-corrected chi connectivity index (χ1v) is 10.1. The predicted octanol–water partition coefficient (Wildman–Crippen LogP) is 4.48. The number of hydrogen-bond acceptors (Lipinski definition) is 5. The van der Waals surface area contributed by atoms with Crippen molar-refractivity contribution in [2.75, 3.05) is 21.3 Å². The molecule has 2 rings (SSSR count). The van der Waals surface area contributed by atoms with Gasteiger partial charge < -0.3 is 24.3 Å². The van der Waals surface area contributed by atoms with E-state index in [1.54, 1.807) is 27.4 Å². The molecule has 1 amide bonds. The highest BCUT2D eigenvalue weighted by Crippen LogP contribution is 2.39. The predicted molar refractivity (Wildman–Crippen MR) is 118 cm³/mol. The molecule has 164 valence electrons. The Morgan fingerprint density at radius 2 is 1.57 bits per heavy atom. The van der Waals surface area contributed by atoms with Crippen LogP contribution < -0.4 is 24.3 Å². The number of nitrogens with one attached hydrogen (secondary N) is 1. The Morgan fingerprint density at radius 1 is 0.933 bits per heavy atom. The van der Waals surface area contributed by atoms with E-state index >= 15 is 0 Å². The molecule has 0 heterocycles. The zero-order chi connectivity index (χ0) is 22.3. The molecule has 30 heavy (non-hydrogen) atoms. The minimum absolute atomic E-state index is 0.0680. The van der Waals surface area contributed by atoms with E-state index in [9.17, 15) is 4.79 Å². The fourth-order valence-corrected chi connectivity index (χ4v) is 3.12. The van der Waals surface area contributed by atoms with Crippen LogP contribution in [0.5, 0.6) is 23.0 Å². The average Bonchev–Trinajstić information content (AvgIpc) is 2.74. The van der Waals surface area contributed by atoms with Gasteiger partial charge in [0.2, 0.25) is 5.75 Å². The molecule has 6 nitrogen and oxygen atoms in total. The van der Waals surface area contributed by atoms with Gasteiger partial charge in [0.05, 0.1) is 21.3 Å². The summed E-state index contributed by atoms with van der Waals surface area (Å²) in [5.74, 6) is 2.08. The number of carbonyl (C=O) groups is 1. The summed E-state index contributed by atoms with van der Waals surface area (Å²) in [6, 6.07) is 11.5. The Labute approximate surface area is 179 Å². The second-order valence-corrected chi connectivity index (χ2v) is 8.00. The van der Waals surface area contributed by atoms with Crippen LogP contribution in [0.4, 0.5) is 0 Å². The Hall–Kier alpha value is -2.89. The van der Waals surface area contributed by atoms with Crippen molar-refractivity contribution in [3.8, 4) is 23.0 Å². The molecule has 0 saturated heterocycles. The lowest BCUT2D eigenvalue weighted by molar-refractivity contribution is -0.128. The van der Waals surface area contributed by atoms with Crippen molar-refractivity contribution < 1.29 is 23.7 Å². The molecule has 0 aliphatic rings. The van der Waals surface area contributed by atoms with Gasteiger partial charge in [-0.05, 0) is 41.7 Å². The number of benzene rings is 2. The quantitative estimate of drug-likeness (QED) is 0.654. The van der Waals surface area contributed by atoms with Crippen molar-refractivity contribution in [1.29, 1.82) is 0 Å². The molecule has 6 heteroatoms. The summed E-state index contributed by atoms with van der Waals surface area (Å²) in [5, 5.41) is 2.93. The molecule has 1 atom stereocenters. The second-order valence-electron chi connectivity index (χ2n) is 8.00. The summed E-state index contributed by atoms with van der Waals surface area (Å²) in [6.07, 6.45) is -0.0349. The van der Waals surface area contributed by atoms with Gasteiger partial charge in [-0.15, -0.1) is 0 Å². The van der Waals surface area contributed by atoms with Crippen molar-refractivity contribution in [2.45, 2.75) is 52.2 Å². The maximum absolute atomic E-state index is 12.7. The van der Waals surface area contributed by atoms with Crippen LogP contribution >= 0.6 is 0 Å². The second kappa shape index (κ2) is 10.2. The van der Waals surface area contributed by atoms with Gasteiger partial charge >= 0.3 is 0 Å². The first-order chi connectivity index (χ1) is 14.2. The summed E-state index contributed by atoms with van der Waals surface area (Å²) in [4.78, 5) is 12.7. The summed E-state index contributed by atoms with van der Waals surface area (Å²) in [7, 11) is 4.67. The summed E-state index contributed by atoms with van der Waals surface area (Å²) >= 11 is 0. The van der Waals surface area contributed by atoms with Crippen molar-refractivity contribution in [2.24, 2.45) is 0 Å². The van der Waals surface area contributed by atoms with E-state index in [1.807, 2.05) is 37.3 Å². The summed E-state index contributed by atoms with van der Waals surface area (Å²) in [5.41, 5.74) is 2.07. The monoisotopic (exact) mass is 415 g/mol. The van der Waals surface area contributed by atoms with E-state index in [4.69, 9.17) is 18.9 Å². The van der Waals surface area contributed by atoms with Gasteiger partial charge in [-0.3, -0.25) is 4.79 Å². The zero-order valence-electron chi connectivity index (χ0n) is 19.0. The maximum atomic E-state index is 12.7. The standard InChI is InChI=1S/C24H33NO5/c1-8-19(30-18-12-10-17(11-13-18)24(2,3)4)23(26)25-15-16-9-14-20(27-5)22(29-7)21(16)28-6/h9-14,19H,8,15H2,1-7H3,(H,25,26)/t19-/m1/s1. The highest BCUT2D eigenvalue weighted by atomic mass is 16.5. The molecule has 0 radical (unpaired) electrons. The Morgan fingerprint density at radius 3 is 2.07 bits per heavy atom. The van der Waals surface area contributed by atoms with E-state index in [1.165, 1.54) is 5.56 Å². The largest absolute Gasteiger partial charge is 0.493 e. The SMILES string of the molecule is CC[C@@H](Oc1ccc(C(C)(C)C)cc1)C(=O)NCc1ccc(OC)c(OC)c1OC. The summed E-state index contributed by atoms with van der Waals surface area (Å²) in [6.45, 7) is 8.69. The zero-order valence-corrected chi connectivity index (χ0v) is 19.0. The number of amides is 1. The van der Waals surface area contributed by atoms with Crippen LogP contribution in [-0.4, -0.2) is 33.3 Å². The van der Waals surface area contributed by atoms with Gasteiger partial charge in [0.1, 0.15) is 5.75 Å². The van der Waals surface area contributed by atoms with Gasteiger partial charge in [0, 0.05) is 12.1 Å². The van der Waals surface area contributed by atoms with Gasteiger partial charge in [0.15, 0.2) is 17.6 Å². The molecule has 0 bridgehead atoms. The third kappa shape index (κ3) is 5.59. The third-order valence-corrected chi connectivity index (χ3v) is 4.90. The van der Waals surface area contributed by atoms with Crippen LogP contribution in [0, 0.1) is 0 Å². The summed E-state index contributed by atoms with van der Waals surface area (Å²) < 4.78 is 22.1. The van der Waals surface area contributed by atoms with Gasteiger partial charge in [-0.25, -0.2) is 0 Å². The molecule has 0 aliphatic carbocycles. The van der Waals surface area contributed by atoms with E-state index < -0.39 is 6.10 Å². The van der Waals surface area contributed by atoms with Gasteiger partial charge in [-0.1, -0.05) is 39.8 Å². The van der Waals surface area contributed by atoms with E-state index in [-0.39, 0.29) is 17.9 Å². The van der Waals surface area contributed by atoms with Crippen LogP contribution in [-0.2, 0) is 16.8 Å². The van der Waals surface area contributed by atoms with Crippen LogP contribution in [0.3, 0.4) is 0 Å². The minimum Gasteiger partial charge on any atom is -0.493 e. The first-order valence-electron chi connectivity index (χ1n) is 10.1. The molecule has 0 aliphatic heterocycles. The van der Waals surface area contributed by atoms with Gasteiger partial charge in [0.25, 0.3) is 5.91 Å². The minimum atomic E-state index is -0.586. The Bertz CT molecular complexity index is 840. The van der Waals surface area contributed by atoms with Crippen LogP contribution in [0.2, 0.25) is 0 Å². The topological polar surface area (TPSA) is 66.0 Å². The Kier molecular flexibility index (Phi) is 7.98. The number of hydrogen-bond donors (Lipinski definition) is 1. The van der Waals surface area contributed by atoms with Crippen molar-refractivity contribution in [1.82, 2.24) is 5.32 Å². The van der Waals surface area contributed by atoms with Crippen LogP contribution in [0.15, 0.2) is 36.4 Å². The fraction of sp³-hybridized carbons (Fsp3) is 0.458. The van der Waals surface area contributed by atoms with Crippen LogP contribution in [0.25, 0.3) is 0 Å². The van der Waals surface area contributed by atoms with Crippen LogP contribution in [0.1, 0.15) is 45.2 Å².